The summed E-state index contributed by atoms with van der Waals surface area (Å²) >= 11 is 7.71. The Kier molecular flexibility index (Phi) is 10.1. The maximum Gasteiger partial charge on any atom is 0.220 e. The second kappa shape index (κ2) is 13.2. The largest absolute Gasteiger partial charge is 0.496 e. The van der Waals surface area contributed by atoms with Crippen LogP contribution in [0.1, 0.15) is 29.8 Å². The third-order valence-electron chi connectivity index (χ3n) is 5.02. The highest BCUT2D eigenvalue weighted by Gasteiger charge is 2.15. The number of benzene rings is 2. The average Bonchev–Trinajstić information content (AvgIpc) is 3.22. The summed E-state index contributed by atoms with van der Waals surface area (Å²) in [5.41, 5.74) is 2.06. The maximum absolute atomic E-state index is 12.5. The number of nitrogens with zero attached hydrogens (tertiary/aromatic N) is 3. The van der Waals surface area contributed by atoms with Crippen molar-refractivity contribution < 1.29 is 14.3 Å². The van der Waals surface area contributed by atoms with Gasteiger partial charge in [0.05, 0.1) is 7.11 Å². The molecule has 0 unspecified atom stereocenters. The monoisotopic (exact) mass is 488 g/mol. The lowest BCUT2D eigenvalue weighted by molar-refractivity contribution is -0.121. The second-order valence-corrected chi connectivity index (χ2v) is 8.78. The fourth-order valence-corrected chi connectivity index (χ4v) is 4.47. The van der Waals surface area contributed by atoms with E-state index in [1.807, 2.05) is 48.5 Å². The summed E-state index contributed by atoms with van der Waals surface area (Å²) in [6.07, 6.45) is 1.68. The highest BCUT2D eigenvalue weighted by molar-refractivity contribution is 7.98. The zero-order valence-electron chi connectivity index (χ0n) is 18.9. The molecule has 0 atom stereocenters. The Morgan fingerprint density at radius 2 is 2.00 bits per heavy atom. The van der Waals surface area contributed by atoms with E-state index in [0.29, 0.717) is 26.0 Å². The van der Waals surface area contributed by atoms with Gasteiger partial charge in [-0.15, -0.1) is 10.2 Å². The van der Waals surface area contributed by atoms with E-state index in [1.165, 1.54) is 0 Å². The molecule has 33 heavy (non-hydrogen) atoms. The van der Waals surface area contributed by atoms with Crippen molar-refractivity contribution in [2.75, 3.05) is 20.8 Å². The molecule has 0 aliphatic heterocycles. The summed E-state index contributed by atoms with van der Waals surface area (Å²) in [6, 6.07) is 15.4. The number of carbonyl (C=O) groups is 1. The number of methoxy groups -OCH3 is 2. The first-order valence-electron chi connectivity index (χ1n) is 10.8. The van der Waals surface area contributed by atoms with Crippen molar-refractivity contribution in [3.8, 4) is 5.75 Å². The smallest absolute Gasteiger partial charge is 0.220 e. The topological polar surface area (TPSA) is 78.3 Å². The Morgan fingerprint density at radius 1 is 1.15 bits per heavy atom. The van der Waals surface area contributed by atoms with Crippen molar-refractivity contribution in [1.82, 2.24) is 20.1 Å². The highest BCUT2D eigenvalue weighted by Crippen LogP contribution is 2.24. The number of carbonyl (C=O) groups excluding carboxylic acids is 1. The van der Waals surface area contributed by atoms with Crippen LogP contribution in [0.4, 0.5) is 0 Å². The highest BCUT2D eigenvalue weighted by atomic mass is 35.5. The van der Waals surface area contributed by atoms with Crippen molar-refractivity contribution in [1.29, 1.82) is 0 Å². The molecule has 176 valence electrons. The summed E-state index contributed by atoms with van der Waals surface area (Å²) in [6.45, 7) is 1.80. The van der Waals surface area contributed by atoms with Crippen molar-refractivity contribution in [3.05, 3.63) is 70.5 Å². The molecule has 1 N–H and O–H groups in total. The van der Waals surface area contributed by atoms with E-state index < -0.39 is 0 Å². The minimum absolute atomic E-state index is 0.0412. The van der Waals surface area contributed by atoms with Crippen LogP contribution in [-0.2, 0) is 34.8 Å². The summed E-state index contributed by atoms with van der Waals surface area (Å²) < 4.78 is 12.6. The van der Waals surface area contributed by atoms with Gasteiger partial charge in [0, 0.05) is 56.0 Å². The normalized spacial score (nSPS) is 10.9. The van der Waals surface area contributed by atoms with Gasteiger partial charge in [0.15, 0.2) is 5.16 Å². The van der Waals surface area contributed by atoms with Gasteiger partial charge in [0.1, 0.15) is 11.6 Å². The molecule has 9 heteroatoms. The Bertz CT molecular complexity index is 1040. The fraction of sp³-hybridized carbons (Fsp3) is 0.375. The van der Waals surface area contributed by atoms with Crippen molar-refractivity contribution in [3.63, 3.8) is 0 Å². The van der Waals surface area contributed by atoms with Crippen LogP contribution in [0, 0.1) is 0 Å². The van der Waals surface area contributed by atoms with E-state index in [9.17, 15) is 4.79 Å². The molecular formula is C24H29ClN4O3S. The number of amides is 1. The molecule has 0 saturated heterocycles. The zero-order chi connectivity index (χ0) is 23.5. The molecule has 0 saturated carbocycles. The maximum atomic E-state index is 12.5. The van der Waals surface area contributed by atoms with Crippen molar-refractivity contribution >= 4 is 29.3 Å². The number of ether oxygens (including phenoxy) is 2. The molecule has 0 aliphatic rings. The zero-order valence-corrected chi connectivity index (χ0v) is 20.5. The standard InChI is InChI=1S/C24H29ClN4O3S/c1-31-14-6-13-29-22(27-28-24(29)33-17-18-7-5-9-20(25)15-18)11-12-23(30)26-16-19-8-3-4-10-21(19)32-2/h3-5,7-10,15H,6,11-14,16-17H2,1-2H3,(H,26,30). The van der Waals surface area contributed by atoms with Gasteiger partial charge in [-0.2, -0.15) is 0 Å². The molecule has 1 heterocycles. The van der Waals surface area contributed by atoms with Gasteiger partial charge in [-0.25, -0.2) is 0 Å². The number of aromatic nitrogens is 3. The lowest BCUT2D eigenvalue weighted by atomic mass is 10.2. The number of nitrogens with one attached hydrogen (secondary N) is 1. The Morgan fingerprint density at radius 3 is 2.79 bits per heavy atom. The Hall–Kier alpha value is -2.55. The molecule has 0 radical (unpaired) electrons. The Labute approximate surface area is 203 Å². The molecule has 1 amide bonds. The number of halogens is 1. The summed E-state index contributed by atoms with van der Waals surface area (Å²) in [4.78, 5) is 12.5. The number of para-hydroxylation sites is 1. The average molecular weight is 489 g/mol. The molecule has 3 rings (SSSR count). The molecule has 1 aromatic heterocycles. The molecule has 7 nitrogen and oxygen atoms in total. The van der Waals surface area contributed by atoms with E-state index in [4.69, 9.17) is 21.1 Å². The lowest BCUT2D eigenvalue weighted by Gasteiger charge is -2.11. The van der Waals surface area contributed by atoms with Gasteiger partial charge < -0.3 is 19.4 Å². The van der Waals surface area contributed by atoms with Gasteiger partial charge in [0.2, 0.25) is 5.91 Å². The van der Waals surface area contributed by atoms with Gasteiger partial charge in [-0.3, -0.25) is 4.79 Å². The molecular weight excluding hydrogens is 460 g/mol. The van der Waals surface area contributed by atoms with Crippen molar-refractivity contribution in [2.24, 2.45) is 0 Å². The second-order valence-electron chi connectivity index (χ2n) is 7.40. The van der Waals surface area contributed by atoms with Crippen LogP contribution in [0.15, 0.2) is 53.7 Å². The number of rotatable bonds is 13. The molecule has 0 spiro atoms. The first-order chi connectivity index (χ1) is 16.1. The van der Waals surface area contributed by atoms with Gasteiger partial charge in [0.25, 0.3) is 0 Å². The lowest BCUT2D eigenvalue weighted by Crippen LogP contribution is -2.23. The van der Waals surface area contributed by atoms with E-state index in [1.54, 1.807) is 26.0 Å². The minimum Gasteiger partial charge on any atom is -0.496 e. The number of thioether (sulfide) groups is 1. The SMILES string of the molecule is COCCCn1c(CCC(=O)NCc2ccccc2OC)nnc1SCc1cccc(Cl)c1. The molecule has 3 aromatic rings. The molecule has 0 fully saturated rings. The van der Waals surface area contributed by atoms with Crippen LogP contribution in [0.2, 0.25) is 5.02 Å². The van der Waals surface area contributed by atoms with Crippen LogP contribution in [0.5, 0.6) is 5.75 Å². The fourth-order valence-electron chi connectivity index (χ4n) is 3.33. The Balaban J connectivity index is 1.59. The van der Waals surface area contributed by atoms with Gasteiger partial charge >= 0.3 is 0 Å². The molecule has 0 bridgehead atoms. The van der Waals surface area contributed by atoms with Gasteiger partial charge in [-0.05, 0) is 30.2 Å². The van der Waals surface area contributed by atoms with E-state index in [0.717, 1.165) is 51.6 Å². The van der Waals surface area contributed by atoms with Crippen molar-refractivity contribution in [2.45, 2.75) is 43.3 Å². The summed E-state index contributed by atoms with van der Waals surface area (Å²) in [5.74, 6) is 2.26. The van der Waals surface area contributed by atoms with Crippen LogP contribution in [0.25, 0.3) is 0 Å². The number of aryl methyl sites for hydroxylation is 1. The summed E-state index contributed by atoms with van der Waals surface area (Å²) in [5, 5.41) is 13.3. The minimum atomic E-state index is -0.0412. The van der Waals surface area contributed by atoms with Crippen LogP contribution in [0.3, 0.4) is 0 Å². The summed E-state index contributed by atoms with van der Waals surface area (Å²) in [7, 11) is 3.31. The van der Waals surface area contributed by atoms with E-state index >= 15 is 0 Å². The quantitative estimate of drug-likeness (QED) is 0.281. The van der Waals surface area contributed by atoms with Gasteiger partial charge in [-0.1, -0.05) is 53.7 Å². The molecule has 0 aliphatic carbocycles. The van der Waals surface area contributed by atoms with Crippen LogP contribution in [-0.4, -0.2) is 41.5 Å². The van der Waals surface area contributed by atoms with Crippen LogP contribution < -0.4 is 10.1 Å². The first-order valence-corrected chi connectivity index (χ1v) is 12.1. The third-order valence-corrected chi connectivity index (χ3v) is 6.30. The predicted molar refractivity (Wildman–Crippen MR) is 131 cm³/mol. The number of hydrogen-bond acceptors (Lipinski definition) is 6. The first kappa shape index (κ1) is 25.1. The third kappa shape index (κ3) is 7.77. The van der Waals surface area contributed by atoms with Crippen LogP contribution >= 0.6 is 23.4 Å². The van der Waals surface area contributed by atoms with E-state index in [-0.39, 0.29) is 5.91 Å². The number of hydrogen-bond donors (Lipinski definition) is 1. The van der Waals surface area contributed by atoms with E-state index in [2.05, 4.69) is 20.1 Å². The molecule has 2 aromatic carbocycles. The predicted octanol–water partition coefficient (Wildman–Crippen LogP) is 4.52.